The monoisotopic (exact) mass is 367 g/mol. The summed E-state index contributed by atoms with van der Waals surface area (Å²) in [5, 5.41) is 2.16. The van der Waals surface area contributed by atoms with Gasteiger partial charge in [-0.2, -0.15) is 0 Å². The Labute approximate surface area is 165 Å². The first-order valence-electron chi connectivity index (χ1n) is 9.38. The van der Waals surface area contributed by atoms with E-state index >= 15 is 0 Å². The maximum Gasteiger partial charge on any atom is 0.139 e. The molecule has 1 aromatic heterocycles. The number of hydrogen-bond donors (Lipinski definition) is 0. The van der Waals surface area contributed by atoms with Crippen LogP contribution in [-0.4, -0.2) is 12.4 Å². The highest BCUT2D eigenvalue weighted by Crippen LogP contribution is 2.34. The van der Waals surface area contributed by atoms with E-state index < -0.39 is 0 Å². The number of aryl methyl sites for hydroxylation is 1. The van der Waals surface area contributed by atoms with Gasteiger partial charge in [-0.3, -0.25) is 0 Å². The quantitative estimate of drug-likeness (QED) is 0.431. The van der Waals surface area contributed by atoms with Crippen LogP contribution in [0.1, 0.15) is 17.7 Å². The summed E-state index contributed by atoms with van der Waals surface area (Å²) in [6.07, 6.45) is 6.77. The number of aromatic nitrogens is 1. The predicted octanol–water partition coefficient (Wildman–Crippen LogP) is 5.17. The minimum atomic E-state index is 0.800. The average Bonchev–Trinajstić information content (AvgIpc) is 3.03. The first-order chi connectivity index (χ1) is 13.2. The molecule has 5 rings (SSSR count). The fourth-order valence-corrected chi connectivity index (χ4v) is 4.45. The molecule has 3 heteroatoms. The lowest BCUT2D eigenvalue weighted by Crippen LogP contribution is -2.01. The molecule has 27 heavy (non-hydrogen) atoms. The van der Waals surface area contributed by atoms with Gasteiger partial charge in [0.2, 0.25) is 0 Å². The van der Waals surface area contributed by atoms with Crippen molar-refractivity contribution in [3.8, 4) is 16.8 Å². The van der Waals surface area contributed by atoms with Gasteiger partial charge in [-0.25, -0.2) is 0 Å². The second-order valence-electron chi connectivity index (χ2n) is 7.19. The highest BCUT2D eigenvalue weighted by atomic mass is 35.5. The number of hydrogen-bond acceptors (Lipinski definition) is 0. The lowest BCUT2D eigenvalue weighted by atomic mass is 9.93. The SMILES string of the molecule is Bc1ccc(-c2ccc(-n3c4c(c5ccccc53)CCC=C4)cc2)c(Cl)c1. The third-order valence-corrected chi connectivity index (χ3v) is 5.73. The van der Waals surface area contributed by atoms with Gasteiger partial charge in [0.25, 0.3) is 0 Å². The third kappa shape index (κ3) is 2.72. The Kier molecular flexibility index (Phi) is 3.95. The van der Waals surface area contributed by atoms with Crippen LogP contribution in [0.2, 0.25) is 5.02 Å². The number of para-hydroxylation sites is 1. The molecule has 0 aliphatic heterocycles. The Morgan fingerprint density at radius 1 is 0.926 bits per heavy atom. The van der Waals surface area contributed by atoms with Gasteiger partial charge in [0.15, 0.2) is 0 Å². The lowest BCUT2D eigenvalue weighted by molar-refractivity contribution is 0.967. The van der Waals surface area contributed by atoms with Crippen LogP contribution in [0.15, 0.2) is 72.8 Å². The van der Waals surface area contributed by atoms with E-state index in [1.807, 2.05) is 6.07 Å². The highest BCUT2D eigenvalue weighted by molar-refractivity contribution is 6.37. The van der Waals surface area contributed by atoms with E-state index in [1.54, 1.807) is 0 Å². The van der Waals surface area contributed by atoms with Crippen LogP contribution in [0.5, 0.6) is 0 Å². The van der Waals surface area contributed by atoms with Gasteiger partial charge >= 0.3 is 0 Å². The van der Waals surface area contributed by atoms with Crippen molar-refractivity contribution >= 4 is 41.9 Å². The molecule has 0 N–H and O–H groups in total. The van der Waals surface area contributed by atoms with E-state index in [0.717, 1.165) is 29.0 Å². The van der Waals surface area contributed by atoms with E-state index in [0.29, 0.717) is 0 Å². The smallest absolute Gasteiger partial charge is 0.139 e. The summed E-state index contributed by atoms with van der Waals surface area (Å²) in [5.74, 6) is 0. The van der Waals surface area contributed by atoms with Crippen molar-refractivity contribution in [3.63, 3.8) is 0 Å². The molecule has 1 aliphatic rings. The molecule has 0 atom stereocenters. The van der Waals surface area contributed by atoms with Gasteiger partial charge in [-0.15, -0.1) is 0 Å². The van der Waals surface area contributed by atoms with Crippen LogP contribution in [0, 0.1) is 0 Å². The third-order valence-electron chi connectivity index (χ3n) is 5.42. The van der Waals surface area contributed by atoms with Crippen molar-refractivity contribution in [2.24, 2.45) is 0 Å². The lowest BCUT2D eigenvalue weighted by Gasteiger charge is -2.13. The summed E-state index contributed by atoms with van der Waals surface area (Å²) >= 11 is 6.46. The van der Waals surface area contributed by atoms with Crippen molar-refractivity contribution in [1.82, 2.24) is 4.57 Å². The number of benzene rings is 3. The Hall–Kier alpha value is -2.71. The zero-order valence-electron chi connectivity index (χ0n) is 15.2. The van der Waals surface area contributed by atoms with Crippen LogP contribution in [0.4, 0.5) is 0 Å². The van der Waals surface area contributed by atoms with Crippen molar-refractivity contribution in [2.75, 3.05) is 0 Å². The second kappa shape index (κ2) is 6.47. The molecule has 1 heterocycles. The van der Waals surface area contributed by atoms with Crippen LogP contribution < -0.4 is 5.46 Å². The van der Waals surface area contributed by atoms with Crippen LogP contribution in [-0.2, 0) is 6.42 Å². The van der Waals surface area contributed by atoms with Gasteiger partial charge in [0.1, 0.15) is 7.85 Å². The molecule has 3 aromatic carbocycles. The molecule has 0 unspecified atom stereocenters. The van der Waals surface area contributed by atoms with Crippen LogP contribution in [0.3, 0.4) is 0 Å². The van der Waals surface area contributed by atoms with E-state index in [4.69, 9.17) is 11.6 Å². The topological polar surface area (TPSA) is 4.93 Å². The van der Waals surface area contributed by atoms with Gasteiger partial charge in [0.05, 0.1) is 5.52 Å². The molecule has 0 amide bonds. The van der Waals surface area contributed by atoms with Gasteiger partial charge < -0.3 is 4.57 Å². The molecule has 0 saturated carbocycles. The number of fused-ring (bicyclic) bond motifs is 3. The second-order valence-corrected chi connectivity index (χ2v) is 7.59. The molecule has 0 bridgehead atoms. The normalized spacial score (nSPS) is 13.1. The zero-order chi connectivity index (χ0) is 18.4. The van der Waals surface area contributed by atoms with Crippen molar-refractivity contribution in [1.29, 1.82) is 0 Å². The summed E-state index contributed by atoms with van der Waals surface area (Å²) < 4.78 is 2.38. The maximum atomic E-state index is 6.46. The average molecular weight is 368 g/mol. The van der Waals surface area contributed by atoms with Crippen molar-refractivity contribution in [2.45, 2.75) is 12.8 Å². The largest absolute Gasteiger partial charge is 0.310 e. The van der Waals surface area contributed by atoms with E-state index in [9.17, 15) is 0 Å². The number of allylic oxidation sites excluding steroid dienone is 1. The first-order valence-corrected chi connectivity index (χ1v) is 9.76. The Balaban J connectivity index is 1.65. The molecule has 1 nitrogen and oxygen atoms in total. The Morgan fingerprint density at radius 3 is 2.56 bits per heavy atom. The van der Waals surface area contributed by atoms with Gasteiger partial charge in [-0.1, -0.05) is 65.6 Å². The van der Waals surface area contributed by atoms with Crippen LogP contribution in [0.25, 0.3) is 33.8 Å². The first kappa shape index (κ1) is 16.5. The van der Waals surface area contributed by atoms with E-state index in [1.165, 1.54) is 33.3 Å². The van der Waals surface area contributed by atoms with E-state index in [2.05, 4.69) is 85.2 Å². The molecule has 0 spiro atoms. The molecular weight excluding hydrogens is 349 g/mol. The highest BCUT2D eigenvalue weighted by Gasteiger charge is 2.18. The van der Waals surface area contributed by atoms with Gasteiger partial charge in [0, 0.05) is 27.4 Å². The molecule has 0 saturated heterocycles. The minimum Gasteiger partial charge on any atom is -0.310 e. The minimum absolute atomic E-state index is 0.800. The molecule has 0 radical (unpaired) electrons. The van der Waals surface area contributed by atoms with Crippen molar-refractivity contribution in [3.05, 3.63) is 89.1 Å². The number of halogens is 1. The summed E-state index contributed by atoms with van der Waals surface area (Å²) in [4.78, 5) is 0. The molecule has 1 aliphatic carbocycles. The fraction of sp³-hybridized carbons (Fsp3) is 0.0833. The number of nitrogens with zero attached hydrogens (tertiary/aromatic N) is 1. The van der Waals surface area contributed by atoms with Crippen molar-refractivity contribution < 1.29 is 0 Å². The van der Waals surface area contributed by atoms with E-state index in [-0.39, 0.29) is 0 Å². The molecule has 0 fully saturated rings. The molecule has 4 aromatic rings. The Morgan fingerprint density at radius 2 is 1.74 bits per heavy atom. The predicted molar refractivity (Wildman–Crippen MR) is 119 cm³/mol. The molecule has 130 valence electrons. The zero-order valence-corrected chi connectivity index (χ0v) is 16.0. The van der Waals surface area contributed by atoms with Gasteiger partial charge in [-0.05, 0) is 54.3 Å². The van der Waals surface area contributed by atoms with Crippen LogP contribution >= 0.6 is 11.6 Å². The Bertz CT molecular complexity index is 1190. The number of rotatable bonds is 2. The molecular formula is C24H19BClN. The summed E-state index contributed by atoms with van der Waals surface area (Å²) in [6, 6.07) is 23.7. The summed E-state index contributed by atoms with van der Waals surface area (Å²) in [6.45, 7) is 0. The standard InChI is InChI=1S/C24H19BClN/c25-17-11-14-19(22(26)15-17)16-9-12-18(13-10-16)27-23-7-3-1-5-20(23)21-6-2-4-8-24(21)27/h1,3-5,7-15H,2,6,25H2. The summed E-state index contributed by atoms with van der Waals surface area (Å²) in [5.41, 5.74) is 8.62. The summed E-state index contributed by atoms with van der Waals surface area (Å²) in [7, 11) is 2.06. The fourth-order valence-electron chi connectivity index (χ4n) is 4.11. The maximum absolute atomic E-state index is 6.46.